The maximum atomic E-state index is 6.30. The molecule has 1 saturated carbocycles. The third-order valence-corrected chi connectivity index (χ3v) is 5.55. The van der Waals surface area contributed by atoms with Crippen molar-refractivity contribution in [3.8, 4) is 0 Å². The molecule has 126 valence electrons. The van der Waals surface area contributed by atoms with Gasteiger partial charge in [-0.25, -0.2) is 9.98 Å². The van der Waals surface area contributed by atoms with E-state index < -0.39 is 0 Å². The number of ether oxygens (including phenoxy) is 1. The molecule has 3 fully saturated rings. The molecule has 6 nitrogen and oxygen atoms in total. The molecule has 3 atom stereocenters. The van der Waals surface area contributed by atoms with Crippen molar-refractivity contribution >= 4 is 5.96 Å². The Hall–Kier alpha value is -1.56. The molecule has 2 saturated heterocycles. The minimum atomic E-state index is 0.0306. The Bertz CT molecular complexity index is 579. The molecule has 0 spiro atoms. The van der Waals surface area contributed by atoms with E-state index in [1.807, 2.05) is 24.0 Å². The Labute approximate surface area is 137 Å². The predicted octanol–water partition coefficient (Wildman–Crippen LogP) is 1.69. The molecule has 0 bridgehead atoms. The van der Waals surface area contributed by atoms with Crippen LogP contribution < -0.4 is 5.73 Å². The lowest BCUT2D eigenvalue weighted by atomic mass is 10.0. The minimum absolute atomic E-state index is 0.0306. The summed E-state index contributed by atoms with van der Waals surface area (Å²) in [4.78, 5) is 11.5. The van der Waals surface area contributed by atoms with Crippen LogP contribution in [-0.4, -0.2) is 46.1 Å². The molecule has 0 amide bonds. The predicted molar refractivity (Wildman–Crippen MR) is 88.9 cm³/mol. The molecule has 6 heteroatoms. The summed E-state index contributed by atoms with van der Waals surface area (Å²) >= 11 is 0. The average Bonchev–Trinajstić information content (AvgIpc) is 3.11. The number of likely N-dealkylation sites (tertiary alicyclic amines) is 1. The maximum Gasteiger partial charge on any atom is 0.191 e. The fourth-order valence-corrected chi connectivity index (χ4v) is 3.98. The quantitative estimate of drug-likeness (QED) is 0.680. The number of hydrogen-bond donors (Lipinski definition) is 1. The van der Waals surface area contributed by atoms with Crippen LogP contribution in [0.4, 0.5) is 0 Å². The minimum Gasteiger partial charge on any atom is -0.370 e. The molecule has 1 aromatic rings. The standard InChI is InChI=1S/C17H27N5O/c1-21-8-6-19-16(21)15-10-14(5-9-23-15)20-17(18)22-7-4-13(11-22)12-2-3-12/h6,8,12-15H,2-5,7,9-11H2,1H3,(H2,18,20). The van der Waals surface area contributed by atoms with E-state index in [-0.39, 0.29) is 12.1 Å². The lowest BCUT2D eigenvalue weighted by Gasteiger charge is -2.28. The van der Waals surface area contributed by atoms with Gasteiger partial charge in [0.1, 0.15) is 11.9 Å². The van der Waals surface area contributed by atoms with Crippen molar-refractivity contribution in [1.29, 1.82) is 0 Å². The van der Waals surface area contributed by atoms with E-state index in [9.17, 15) is 0 Å². The van der Waals surface area contributed by atoms with Crippen LogP contribution in [0.5, 0.6) is 0 Å². The van der Waals surface area contributed by atoms with Crippen LogP contribution in [0.25, 0.3) is 0 Å². The molecule has 0 radical (unpaired) electrons. The van der Waals surface area contributed by atoms with Gasteiger partial charge in [-0.2, -0.15) is 0 Å². The van der Waals surface area contributed by atoms with Gasteiger partial charge in [-0.1, -0.05) is 0 Å². The van der Waals surface area contributed by atoms with Gasteiger partial charge >= 0.3 is 0 Å². The molecular formula is C17H27N5O. The van der Waals surface area contributed by atoms with E-state index in [0.29, 0.717) is 0 Å². The highest BCUT2D eigenvalue weighted by Crippen LogP contribution is 2.41. The van der Waals surface area contributed by atoms with Crippen LogP contribution >= 0.6 is 0 Å². The van der Waals surface area contributed by atoms with Gasteiger partial charge in [-0.3, -0.25) is 0 Å². The number of imidazole rings is 1. The number of aromatic nitrogens is 2. The first-order valence-corrected chi connectivity index (χ1v) is 8.87. The molecule has 1 aromatic heterocycles. The zero-order chi connectivity index (χ0) is 15.8. The van der Waals surface area contributed by atoms with Gasteiger partial charge in [0.2, 0.25) is 0 Å². The fourth-order valence-electron chi connectivity index (χ4n) is 3.98. The van der Waals surface area contributed by atoms with Gasteiger partial charge in [-0.15, -0.1) is 0 Å². The van der Waals surface area contributed by atoms with E-state index in [1.54, 1.807) is 0 Å². The summed E-state index contributed by atoms with van der Waals surface area (Å²) in [5.41, 5.74) is 6.30. The first-order valence-electron chi connectivity index (χ1n) is 8.87. The molecular weight excluding hydrogens is 290 g/mol. The number of rotatable bonds is 3. The molecule has 1 aliphatic carbocycles. The number of hydrogen-bond acceptors (Lipinski definition) is 3. The Morgan fingerprint density at radius 3 is 2.91 bits per heavy atom. The van der Waals surface area contributed by atoms with Gasteiger partial charge in [0.15, 0.2) is 5.96 Å². The van der Waals surface area contributed by atoms with Crippen LogP contribution in [0.15, 0.2) is 17.4 Å². The SMILES string of the molecule is Cn1ccnc1C1CC(N=C(N)N2CCC(C3CC3)C2)CCO1. The summed E-state index contributed by atoms with van der Waals surface area (Å²) in [7, 11) is 2.01. The first-order chi connectivity index (χ1) is 11.2. The van der Waals surface area contributed by atoms with Gasteiger partial charge < -0.3 is 19.9 Å². The first kappa shape index (κ1) is 15.0. The van der Waals surface area contributed by atoms with Gasteiger partial charge in [0.05, 0.1) is 6.04 Å². The fraction of sp³-hybridized carbons (Fsp3) is 0.765. The summed E-state index contributed by atoms with van der Waals surface area (Å²) < 4.78 is 7.92. The van der Waals surface area contributed by atoms with Gasteiger partial charge in [-0.05, 0) is 37.5 Å². The lowest BCUT2D eigenvalue weighted by Crippen LogP contribution is -2.37. The Morgan fingerprint density at radius 2 is 2.17 bits per heavy atom. The molecule has 23 heavy (non-hydrogen) atoms. The van der Waals surface area contributed by atoms with E-state index in [4.69, 9.17) is 15.5 Å². The largest absolute Gasteiger partial charge is 0.370 e. The Kier molecular flexibility index (Phi) is 4.01. The number of nitrogens with two attached hydrogens (primary N) is 1. The van der Waals surface area contributed by atoms with Crippen LogP contribution in [-0.2, 0) is 11.8 Å². The average molecular weight is 317 g/mol. The van der Waals surface area contributed by atoms with E-state index in [0.717, 1.165) is 56.2 Å². The van der Waals surface area contributed by atoms with Crippen LogP contribution in [0.3, 0.4) is 0 Å². The number of guanidine groups is 1. The van der Waals surface area contributed by atoms with Crippen molar-refractivity contribution in [1.82, 2.24) is 14.5 Å². The zero-order valence-corrected chi connectivity index (χ0v) is 13.9. The zero-order valence-electron chi connectivity index (χ0n) is 13.9. The molecule has 2 N–H and O–H groups in total. The van der Waals surface area contributed by atoms with E-state index >= 15 is 0 Å². The highest BCUT2D eigenvalue weighted by molar-refractivity contribution is 5.78. The molecule has 4 rings (SSSR count). The summed E-state index contributed by atoms with van der Waals surface area (Å²) in [6.07, 6.45) is 9.74. The number of aliphatic imine (C=N–C) groups is 1. The summed E-state index contributed by atoms with van der Waals surface area (Å²) in [5, 5.41) is 0. The Morgan fingerprint density at radius 1 is 1.30 bits per heavy atom. The normalized spacial score (nSPS) is 32.5. The molecule has 2 aliphatic heterocycles. The van der Waals surface area contributed by atoms with Crippen LogP contribution in [0, 0.1) is 11.8 Å². The highest BCUT2D eigenvalue weighted by Gasteiger charge is 2.36. The summed E-state index contributed by atoms with van der Waals surface area (Å²) in [6.45, 7) is 2.90. The maximum absolute atomic E-state index is 6.30. The van der Waals surface area contributed by atoms with Crippen molar-refractivity contribution < 1.29 is 4.74 Å². The topological polar surface area (TPSA) is 68.7 Å². The number of nitrogens with zero attached hydrogens (tertiary/aromatic N) is 4. The highest BCUT2D eigenvalue weighted by atomic mass is 16.5. The van der Waals surface area contributed by atoms with Crippen molar-refractivity contribution in [2.24, 2.45) is 29.6 Å². The van der Waals surface area contributed by atoms with E-state index in [2.05, 4.69) is 9.88 Å². The van der Waals surface area contributed by atoms with Crippen LogP contribution in [0.2, 0.25) is 0 Å². The van der Waals surface area contributed by atoms with Crippen LogP contribution in [0.1, 0.15) is 44.0 Å². The molecule has 3 unspecified atom stereocenters. The van der Waals surface area contributed by atoms with Crippen molar-refractivity contribution in [3.05, 3.63) is 18.2 Å². The lowest BCUT2D eigenvalue weighted by molar-refractivity contribution is 0.0000987. The van der Waals surface area contributed by atoms with Gasteiger partial charge in [0, 0.05) is 45.6 Å². The second-order valence-corrected chi connectivity index (χ2v) is 7.25. The number of aryl methyl sites for hydroxylation is 1. The monoisotopic (exact) mass is 317 g/mol. The molecule has 3 heterocycles. The van der Waals surface area contributed by atoms with Crippen molar-refractivity contribution in [2.45, 2.75) is 44.2 Å². The molecule has 3 aliphatic rings. The van der Waals surface area contributed by atoms with Crippen molar-refractivity contribution in [2.75, 3.05) is 19.7 Å². The second kappa shape index (κ2) is 6.15. The Balaban J connectivity index is 1.38. The third-order valence-electron chi connectivity index (χ3n) is 5.55. The summed E-state index contributed by atoms with van der Waals surface area (Å²) in [6, 6.07) is 0.241. The van der Waals surface area contributed by atoms with E-state index in [1.165, 1.54) is 19.3 Å². The summed E-state index contributed by atoms with van der Waals surface area (Å²) in [5.74, 6) is 3.53. The second-order valence-electron chi connectivity index (χ2n) is 7.25. The third kappa shape index (κ3) is 3.22. The van der Waals surface area contributed by atoms with Crippen molar-refractivity contribution in [3.63, 3.8) is 0 Å². The smallest absolute Gasteiger partial charge is 0.191 e. The molecule has 0 aromatic carbocycles. The van der Waals surface area contributed by atoms with Gasteiger partial charge in [0.25, 0.3) is 0 Å².